The van der Waals surface area contributed by atoms with Crippen molar-refractivity contribution >= 4 is 16.9 Å². The maximum Gasteiger partial charge on any atom is 0.284 e. The van der Waals surface area contributed by atoms with E-state index in [0.29, 0.717) is 0 Å². The van der Waals surface area contributed by atoms with Crippen molar-refractivity contribution in [2.75, 3.05) is 0 Å². The molecule has 0 unspecified atom stereocenters. The largest absolute Gasteiger partial charge is 0.284 e. The van der Waals surface area contributed by atoms with E-state index >= 15 is 0 Å². The lowest BCUT2D eigenvalue weighted by atomic mass is 10.3. The highest BCUT2D eigenvalue weighted by atomic mass is 16.2. The highest BCUT2D eigenvalue weighted by molar-refractivity contribution is 5.99. The second-order valence-corrected chi connectivity index (χ2v) is 3.46. The molecule has 81 valence electrons. The molecule has 0 amide bonds. The van der Waals surface area contributed by atoms with Gasteiger partial charge in [0.2, 0.25) is 0 Å². The fraction of sp³-hybridized carbons (Fsp3) is 0. The molecule has 1 aromatic carbocycles. The van der Waals surface area contributed by atoms with Crippen molar-refractivity contribution in [1.29, 1.82) is 0 Å². The van der Waals surface area contributed by atoms with Crippen LogP contribution >= 0.6 is 0 Å². The van der Waals surface area contributed by atoms with E-state index in [1.807, 2.05) is 24.3 Å². The number of fused-ring (bicyclic) bond motifs is 1. The van der Waals surface area contributed by atoms with Gasteiger partial charge in [-0.15, -0.1) is 10.2 Å². The Labute approximate surface area is 96.7 Å². The predicted octanol–water partition coefficient (Wildman–Crippen LogP) is 1.31. The molecule has 3 rings (SSSR count). The molecule has 0 fully saturated rings. The molecular weight excluding hydrogens is 216 g/mol. The average Bonchev–Trinajstić information content (AvgIpc) is 2.83. The lowest BCUT2D eigenvalue weighted by Gasteiger charge is -2.00. The zero-order valence-electron chi connectivity index (χ0n) is 8.74. The van der Waals surface area contributed by atoms with Gasteiger partial charge >= 0.3 is 0 Å². The number of hydrogen-bond donors (Lipinski definition) is 0. The van der Waals surface area contributed by atoms with Crippen LogP contribution in [0.4, 0.5) is 0 Å². The summed E-state index contributed by atoms with van der Waals surface area (Å²) in [5.41, 5.74) is 1.80. The first kappa shape index (κ1) is 9.65. The van der Waals surface area contributed by atoms with Crippen LogP contribution in [0.2, 0.25) is 0 Å². The zero-order chi connectivity index (χ0) is 11.7. The monoisotopic (exact) mass is 223 g/mol. The molecule has 17 heavy (non-hydrogen) atoms. The Kier molecular flexibility index (Phi) is 2.15. The molecule has 0 saturated heterocycles. The van der Waals surface area contributed by atoms with E-state index in [9.17, 15) is 4.79 Å². The number of imidazole rings is 1. The first-order valence-corrected chi connectivity index (χ1v) is 5.03. The minimum Gasteiger partial charge on any atom is -0.266 e. The van der Waals surface area contributed by atoms with Gasteiger partial charge in [0.25, 0.3) is 5.91 Å². The third-order valence-electron chi connectivity index (χ3n) is 2.42. The highest BCUT2D eigenvalue weighted by Crippen LogP contribution is 2.12. The number of nitrogens with zero attached hydrogens (tertiary/aromatic N) is 4. The molecule has 2 heterocycles. The van der Waals surface area contributed by atoms with E-state index < -0.39 is 0 Å². The third-order valence-corrected chi connectivity index (χ3v) is 2.42. The van der Waals surface area contributed by atoms with Gasteiger partial charge in [-0.05, 0) is 24.3 Å². The minimum atomic E-state index is -0.250. The Morgan fingerprint density at radius 3 is 2.94 bits per heavy atom. The normalized spacial score (nSPS) is 10.6. The number of carbonyl (C=O) groups excluding carboxylic acids is 1. The minimum absolute atomic E-state index is 0.250. The number of aromatic nitrogens is 4. The summed E-state index contributed by atoms with van der Waals surface area (Å²) in [7, 11) is 0. The van der Waals surface area contributed by atoms with Gasteiger partial charge in [0.1, 0.15) is 12.5 Å². The van der Waals surface area contributed by atoms with Crippen LogP contribution in [-0.4, -0.2) is 25.7 Å². The fourth-order valence-electron chi connectivity index (χ4n) is 1.62. The lowest BCUT2D eigenvalue weighted by molar-refractivity contribution is 0.0958. The molecule has 0 aliphatic rings. The van der Waals surface area contributed by atoms with E-state index in [-0.39, 0.29) is 11.6 Å². The van der Waals surface area contributed by atoms with Crippen molar-refractivity contribution < 1.29 is 4.79 Å². The third kappa shape index (κ3) is 1.57. The number of benzene rings is 1. The Morgan fingerprint density at radius 1 is 1.24 bits per heavy atom. The van der Waals surface area contributed by atoms with E-state index in [0.717, 1.165) is 11.0 Å². The summed E-state index contributed by atoms with van der Waals surface area (Å²) in [5.74, 6) is -0.250. The Balaban J connectivity index is 2.14. The summed E-state index contributed by atoms with van der Waals surface area (Å²) < 4.78 is 1.46. The van der Waals surface area contributed by atoms with Gasteiger partial charge in [-0.1, -0.05) is 12.1 Å². The summed E-state index contributed by atoms with van der Waals surface area (Å²) in [4.78, 5) is 16.3. The first-order valence-electron chi connectivity index (χ1n) is 5.03. The second-order valence-electron chi connectivity index (χ2n) is 3.46. The molecule has 0 saturated carbocycles. The fourth-order valence-corrected chi connectivity index (χ4v) is 1.62. The van der Waals surface area contributed by atoms with Crippen molar-refractivity contribution in [3.05, 3.63) is 54.6 Å². The molecule has 0 bridgehead atoms. The molecule has 3 aromatic rings. The van der Waals surface area contributed by atoms with Crippen LogP contribution in [-0.2, 0) is 0 Å². The van der Waals surface area contributed by atoms with Gasteiger partial charge in [0, 0.05) is 0 Å². The van der Waals surface area contributed by atoms with E-state index in [4.69, 9.17) is 0 Å². The van der Waals surface area contributed by atoms with Crippen LogP contribution in [0.15, 0.2) is 42.7 Å². The van der Waals surface area contributed by atoms with Crippen LogP contribution in [0, 0.1) is 6.20 Å². The zero-order valence-corrected chi connectivity index (χ0v) is 8.74. The lowest BCUT2D eigenvalue weighted by Crippen LogP contribution is -2.12. The summed E-state index contributed by atoms with van der Waals surface area (Å²) >= 11 is 0. The van der Waals surface area contributed by atoms with E-state index in [2.05, 4.69) is 21.4 Å². The van der Waals surface area contributed by atoms with Crippen molar-refractivity contribution in [2.45, 2.75) is 0 Å². The van der Waals surface area contributed by atoms with Gasteiger partial charge in [0.15, 0.2) is 5.69 Å². The molecule has 5 nitrogen and oxygen atoms in total. The van der Waals surface area contributed by atoms with Crippen LogP contribution in [0.5, 0.6) is 0 Å². The Morgan fingerprint density at radius 2 is 2.12 bits per heavy atom. The van der Waals surface area contributed by atoms with Gasteiger partial charge < -0.3 is 0 Å². The summed E-state index contributed by atoms with van der Waals surface area (Å²) in [5, 5.41) is 7.30. The van der Waals surface area contributed by atoms with Crippen molar-refractivity contribution in [2.24, 2.45) is 0 Å². The number of para-hydroxylation sites is 2. The van der Waals surface area contributed by atoms with Crippen LogP contribution < -0.4 is 0 Å². The molecular formula is C12H7N4O. The van der Waals surface area contributed by atoms with Gasteiger partial charge in [-0.25, -0.2) is 4.98 Å². The van der Waals surface area contributed by atoms with E-state index in [1.165, 1.54) is 10.9 Å². The van der Waals surface area contributed by atoms with Crippen LogP contribution in [0.3, 0.4) is 0 Å². The van der Waals surface area contributed by atoms with Crippen molar-refractivity contribution in [3.63, 3.8) is 0 Å². The summed E-state index contributed by atoms with van der Waals surface area (Å²) in [6, 6.07) is 10.6. The molecule has 0 N–H and O–H groups in total. The molecule has 0 atom stereocenters. The van der Waals surface area contributed by atoms with Crippen LogP contribution in [0.25, 0.3) is 11.0 Å². The topological polar surface area (TPSA) is 60.7 Å². The SMILES string of the molecule is O=C(c1cc[c]nn1)n1cnc2ccccc21. The van der Waals surface area contributed by atoms with Gasteiger partial charge in [0.05, 0.1) is 11.0 Å². The second kappa shape index (κ2) is 3.79. The molecule has 1 radical (unpaired) electrons. The van der Waals surface area contributed by atoms with Gasteiger partial charge in [-0.3, -0.25) is 9.36 Å². The van der Waals surface area contributed by atoms with Gasteiger partial charge in [-0.2, -0.15) is 0 Å². The summed E-state index contributed by atoms with van der Waals surface area (Å²) in [6.07, 6.45) is 4.02. The van der Waals surface area contributed by atoms with Crippen molar-refractivity contribution in [1.82, 2.24) is 19.7 Å². The number of hydrogen-bond acceptors (Lipinski definition) is 4. The summed E-state index contributed by atoms with van der Waals surface area (Å²) in [6.45, 7) is 0. The number of carbonyl (C=O) groups is 1. The molecule has 2 aromatic heterocycles. The van der Waals surface area contributed by atoms with E-state index in [1.54, 1.807) is 12.1 Å². The van der Waals surface area contributed by atoms with Crippen molar-refractivity contribution in [3.8, 4) is 0 Å². The Bertz CT molecular complexity index is 675. The molecule has 0 spiro atoms. The van der Waals surface area contributed by atoms with Crippen LogP contribution in [0.1, 0.15) is 10.5 Å². The molecule has 0 aliphatic heterocycles. The number of rotatable bonds is 1. The molecule has 0 aliphatic carbocycles. The highest BCUT2D eigenvalue weighted by Gasteiger charge is 2.12. The molecule has 5 heteroatoms. The Hall–Kier alpha value is -2.56. The average molecular weight is 223 g/mol. The maximum absolute atomic E-state index is 12.1. The quantitative estimate of drug-likeness (QED) is 0.624. The predicted molar refractivity (Wildman–Crippen MR) is 60.3 cm³/mol. The first-order chi connectivity index (χ1) is 8.36. The smallest absolute Gasteiger partial charge is 0.266 e. The maximum atomic E-state index is 12.1. The standard InChI is InChI=1S/C12H7N4O/c17-12(10-5-3-7-14-15-10)16-8-13-9-4-1-2-6-11(9)16/h1-6,8H.